The summed E-state index contributed by atoms with van der Waals surface area (Å²) >= 11 is 0. The van der Waals surface area contributed by atoms with Gasteiger partial charge in [0.1, 0.15) is 11.6 Å². The second kappa shape index (κ2) is 12.3. The van der Waals surface area contributed by atoms with E-state index in [1.54, 1.807) is 23.0 Å². The summed E-state index contributed by atoms with van der Waals surface area (Å²) in [6, 6.07) is 16.3. The Hall–Kier alpha value is -2.62. The number of ether oxygens (including phenoxy) is 1. The third-order valence-electron chi connectivity index (χ3n) is 4.41. The van der Waals surface area contributed by atoms with Crippen LogP contribution in [0.4, 0.5) is 10.1 Å². The maximum atomic E-state index is 13.4. The van der Waals surface area contributed by atoms with Gasteiger partial charge in [-0.2, -0.15) is 5.10 Å². The molecule has 0 unspecified atom stereocenters. The average Bonchev–Trinajstić information content (AvgIpc) is 3.12. The predicted octanol–water partition coefficient (Wildman–Crippen LogP) is 4.76. The lowest BCUT2D eigenvalue weighted by Gasteiger charge is -2.14. The van der Waals surface area contributed by atoms with Gasteiger partial charge >= 0.3 is 0 Å². The minimum atomic E-state index is -0.223. The van der Waals surface area contributed by atoms with Crippen molar-refractivity contribution < 1.29 is 9.13 Å². The number of guanidine groups is 1. The van der Waals surface area contributed by atoms with Crippen LogP contribution in [0.1, 0.15) is 25.1 Å². The molecule has 0 fully saturated rings. The van der Waals surface area contributed by atoms with Gasteiger partial charge in [0, 0.05) is 25.5 Å². The Labute approximate surface area is 199 Å². The molecule has 0 radical (unpaired) electrons. The number of hydrogen-bond donors (Lipinski definition) is 2. The molecule has 0 saturated heterocycles. The van der Waals surface area contributed by atoms with Crippen molar-refractivity contribution in [1.82, 2.24) is 15.1 Å². The van der Waals surface area contributed by atoms with Crippen LogP contribution in [-0.2, 0) is 20.0 Å². The number of halogens is 2. The van der Waals surface area contributed by atoms with E-state index in [0.29, 0.717) is 25.5 Å². The summed E-state index contributed by atoms with van der Waals surface area (Å²) in [6.07, 6.45) is 2.57. The molecular formula is C23H29FIN5O. The second-order valence-electron chi connectivity index (χ2n) is 7.23. The predicted molar refractivity (Wildman–Crippen MR) is 134 cm³/mol. The molecule has 2 aromatic carbocycles. The number of aliphatic imine (C=N–C) groups is 1. The van der Waals surface area contributed by atoms with Gasteiger partial charge in [-0.3, -0.25) is 4.68 Å². The van der Waals surface area contributed by atoms with Gasteiger partial charge < -0.3 is 15.4 Å². The van der Waals surface area contributed by atoms with Crippen molar-refractivity contribution in [3.05, 3.63) is 77.9 Å². The van der Waals surface area contributed by atoms with Crippen LogP contribution in [0, 0.1) is 5.82 Å². The molecule has 0 bridgehead atoms. The smallest absolute Gasteiger partial charge is 0.196 e. The highest BCUT2D eigenvalue weighted by atomic mass is 127. The maximum Gasteiger partial charge on any atom is 0.196 e. The number of nitrogens with one attached hydrogen (secondary N) is 2. The molecule has 1 heterocycles. The lowest BCUT2D eigenvalue weighted by Crippen LogP contribution is -2.32. The zero-order chi connectivity index (χ0) is 21.3. The van der Waals surface area contributed by atoms with Gasteiger partial charge in [0.25, 0.3) is 0 Å². The Bertz CT molecular complexity index is 972. The van der Waals surface area contributed by atoms with Crippen LogP contribution in [0.3, 0.4) is 0 Å². The monoisotopic (exact) mass is 537 g/mol. The zero-order valence-electron chi connectivity index (χ0n) is 18.0. The fourth-order valence-electron chi connectivity index (χ4n) is 2.90. The van der Waals surface area contributed by atoms with Gasteiger partial charge in [0.05, 0.1) is 18.3 Å². The Morgan fingerprint density at radius 2 is 1.94 bits per heavy atom. The fraction of sp³-hybridized carbons (Fsp3) is 0.304. The minimum absolute atomic E-state index is 0. The number of hydrogen-bond acceptors (Lipinski definition) is 3. The highest BCUT2D eigenvalue weighted by Crippen LogP contribution is 2.17. The van der Waals surface area contributed by atoms with E-state index >= 15 is 0 Å². The SMILES string of the molecule is CC(C)Oc1ccc(NC(=NCc2ccnn2C)NCCc2cccc(F)c2)cc1.I. The van der Waals surface area contributed by atoms with Crippen LogP contribution >= 0.6 is 24.0 Å². The van der Waals surface area contributed by atoms with Gasteiger partial charge in [-0.25, -0.2) is 9.38 Å². The molecule has 0 saturated carbocycles. The van der Waals surface area contributed by atoms with Gasteiger partial charge in [0.2, 0.25) is 0 Å². The summed E-state index contributed by atoms with van der Waals surface area (Å²) in [4.78, 5) is 4.67. The second-order valence-corrected chi connectivity index (χ2v) is 7.23. The van der Waals surface area contributed by atoms with Crippen molar-refractivity contribution in [1.29, 1.82) is 0 Å². The van der Waals surface area contributed by atoms with E-state index in [4.69, 9.17) is 4.74 Å². The molecule has 0 atom stereocenters. The minimum Gasteiger partial charge on any atom is -0.491 e. The summed E-state index contributed by atoms with van der Waals surface area (Å²) in [5.41, 5.74) is 2.83. The molecule has 8 heteroatoms. The van der Waals surface area contributed by atoms with Crippen LogP contribution in [0.2, 0.25) is 0 Å². The first-order chi connectivity index (χ1) is 14.5. The number of aromatic nitrogens is 2. The van der Waals surface area contributed by atoms with Gasteiger partial charge in [-0.15, -0.1) is 24.0 Å². The number of anilines is 1. The number of aryl methyl sites for hydroxylation is 1. The van der Waals surface area contributed by atoms with Gasteiger partial charge in [-0.1, -0.05) is 12.1 Å². The molecule has 0 aliphatic rings. The topological polar surface area (TPSA) is 63.5 Å². The Balaban J connectivity index is 0.00000341. The van der Waals surface area contributed by atoms with E-state index in [0.717, 1.165) is 22.7 Å². The summed E-state index contributed by atoms with van der Waals surface area (Å²) in [7, 11) is 1.89. The van der Waals surface area contributed by atoms with E-state index in [2.05, 4.69) is 20.7 Å². The lowest BCUT2D eigenvalue weighted by atomic mass is 10.1. The van der Waals surface area contributed by atoms with Gasteiger partial charge in [0.15, 0.2) is 5.96 Å². The van der Waals surface area contributed by atoms with E-state index in [9.17, 15) is 4.39 Å². The molecule has 3 rings (SSSR count). The van der Waals surface area contributed by atoms with Crippen LogP contribution in [0.15, 0.2) is 65.8 Å². The normalized spacial score (nSPS) is 11.2. The number of nitrogens with zero attached hydrogens (tertiary/aromatic N) is 3. The third-order valence-corrected chi connectivity index (χ3v) is 4.41. The Morgan fingerprint density at radius 1 is 1.16 bits per heavy atom. The molecule has 2 N–H and O–H groups in total. The molecule has 0 amide bonds. The lowest BCUT2D eigenvalue weighted by molar-refractivity contribution is 0.242. The summed E-state index contributed by atoms with van der Waals surface area (Å²) in [5, 5.41) is 10.8. The van der Waals surface area contributed by atoms with E-state index in [1.807, 2.05) is 57.3 Å². The highest BCUT2D eigenvalue weighted by molar-refractivity contribution is 14.0. The zero-order valence-corrected chi connectivity index (χ0v) is 20.3. The molecule has 31 heavy (non-hydrogen) atoms. The van der Waals surface area contributed by atoms with Gasteiger partial charge in [-0.05, 0) is 68.3 Å². The molecule has 0 aliphatic carbocycles. The maximum absolute atomic E-state index is 13.4. The fourth-order valence-corrected chi connectivity index (χ4v) is 2.90. The standard InChI is InChI=1S/C23H28FN5O.HI/c1-17(2)30-22-9-7-20(8-10-22)28-23(26-16-21-12-14-27-29(21)3)25-13-11-18-5-4-6-19(24)15-18;/h4-10,12,14-15,17H,11,13,16H2,1-3H3,(H2,25,26,28);1H. The van der Waals surface area contributed by atoms with E-state index < -0.39 is 0 Å². The first-order valence-electron chi connectivity index (χ1n) is 10.0. The molecule has 166 valence electrons. The first kappa shape index (κ1) is 24.6. The summed E-state index contributed by atoms with van der Waals surface area (Å²) < 4.78 is 20.9. The number of benzene rings is 2. The average molecular weight is 537 g/mol. The van der Waals surface area contributed by atoms with Crippen LogP contribution in [-0.4, -0.2) is 28.4 Å². The van der Waals surface area contributed by atoms with Crippen molar-refractivity contribution in [2.45, 2.75) is 32.9 Å². The van der Waals surface area contributed by atoms with Crippen molar-refractivity contribution in [3.8, 4) is 5.75 Å². The summed E-state index contributed by atoms with van der Waals surface area (Å²) in [6.45, 7) is 5.10. The molecule has 6 nitrogen and oxygen atoms in total. The van der Waals surface area contributed by atoms with Crippen molar-refractivity contribution in [2.24, 2.45) is 12.0 Å². The van der Waals surface area contributed by atoms with Crippen molar-refractivity contribution >= 4 is 35.6 Å². The van der Waals surface area contributed by atoms with Crippen molar-refractivity contribution in [3.63, 3.8) is 0 Å². The third kappa shape index (κ3) is 8.20. The van der Waals surface area contributed by atoms with E-state index in [-0.39, 0.29) is 35.9 Å². The largest absolute Gasteiger partial charge is 0.491 e. The van der Waals surface area contributed by atoms with Crippen LogP contribution in [0.5, 0.6) is 5.75 Å². The Morgan fingerprint density at radius 3 is 2.58 bits per heavy atom. The molecule has 0 aliphatic heterocycles. The quantitative estimate of drug-likeness (QED) is 0.247. The molecule has 3 aromatic rings. The van der Waals surface area contributed by atoms with Crippen molar-refractivity contribution in [2.75, 3.05) is 11.9 Å². The number of rotatable bonds is 8. The summed E-state index contributed by atoms with van der Waals surface area (Å²) in [5.74, 6) is 1.24. The highest BCUT2D eigenvalue weighted by Gasteiger charge is 2.04. The first-order valence-corrected chi connectivity index (χ1v) is 10.0. The molecular weight excluding hydrogens is 508 g/mol. The Kier molecular flexibility index (Phi) is 9.77. The van der Waals surface area contributed by atoms with Crippen LogP contribution in [0.25, 0.3) is 0 Å². The molecule has 1 aromatic heterocycles. The van der Waals surface area contributed by atoms with Crippen LogP contribution < -0.4 is 15.4 Å². The molecule has 0 spiro atoms. The van der Waals surface area contributed by atoms with E-state index in [1.165, 1.54) is 6.07 Å².